The molecule has 1 radical (unpaired) electrons. The molecule has 1 aromatic rings. The van der Waals surface area contributed by atoms with Crippen LogP contribution < -0.4 is 0 Å². The Labute approximate surface area is 73.4 Å². The zero-order valence-electron chi connectivity index (χ0n) is 7.12. The smallest absolute Gasteiger partial charge is 0.178 e. The molecule has 0 N–H and O–H groups in total. The van der Waals surface area contributed by atoms with Crippen molar-refractivity contribution in [1.82, 2.24) is 0 Å². The molecule has 0 unspecified atom stereocenters. The van der Waals surface area contributed by atoms with Crippen LogP contribution in [0.4, 0.5) is 0 Å². The third-order valence-corrected chi connectivity index (χ3v) is 1.80. The zero-order chi connectivity index (χ0) is 8.81. The van der Waals surface area contributed by atoms with E-state index in [1.807, 2.05) is 18.2 Å². The van der Waals surface area contributed by atoms with Gasteiger partial charge in [0.25, 0.3) is 0 Å². The molecule has 0 bridgehead atoms. The molecule has 0 amide bonds. The highest BCUT2D eigenvalue weighted by atomic mass is 16.3. The number of rotatable bonds is 4. The first-order valence-electron chi connectivity index (χ1n) is 4.20. The molecule has 1 heteroatoms. The first kappa shape index (κ1) is 8.85. The van der Waals surface area contributed by atoms with E-state index in [-0.39, 0.29) is 5.75 Å². The maximum absolute atomic E-state index is 10.7. The summed E-state index contributed by atoms with van der Waals surface area (Å²) in [4.78, 5) is 0. The average molecular weight is 161 g/mol. The molecule has 0 saturated heterocycles. The molecule has 0 aromatic heterocycles. The minimum Gasteiger partial charge on any atom is -0.290 e. The van der Waals surface area contributed by atoms with Crippen molar-refractivity contribution >= 4 is 0 Å². The highest BCUT2D eigenvalue weighted by molar-refractivity contribution is 5.25. The van der Waals surface area contributed by atoms with E-state index in [1.54, 1.807) is 12.1 Å². The van der Waals surface area contributed by atoms with Crippen LogP contribution in [-0.4, -0.2) is 0 Å². The monoisotopic (exact) mass is 161 g/mol. The van der Waals surface area contributed by atoms with Crippen molar-refractivity contribution in [2.24, 2.45) is 0 Å². The molecule has 1 rings (SSSR count). The Kier molecular flexibility index (Phi) is 3.39. The molecule has 0 fully saturated rings. The van der Waals surface area contributed by atoms with E-state index < -0.39 is 0 Å². The fraction of sp³-hybridized carbons (Fsp3) is 0.273. The van der Waals surface area contributed by atoms with Gasteiger partial charge in [-0.1, -0.05) is 18.2 Å². The van der Waals surface area contributed by atoms with Crippen LogP contribution in [0.2, 0.25) is 0 Å². The number of unbranched alkanes of at least 4 members (excludes halogenated alkanes) is 1. The lowest BCUT2D eigenvalue weighted by molar-refractivity contribution is 0.355. The van der Waals surface area contributed by atoms with Crippen molar-refractivity contribution in [2.45, 2.75) is 19.3 Å². The van der Waals surface area contributed by atoms with Crippen LogP contribution in [0.1, 0.15) is 18.4 Å². The van der Waals surface area contributed by atoms with E-state index in [4.69, 9.17) is 0 Å². The number of allylic oxidation sites excluding steroid dienone is 1. The van der Waals surface area contributed by atoms with E-state index in [2.05, 4.69) is 6.58 Å². The Balaban J connectivity index is 2.42. The molecular formula is C11H13O. The van der Waals surface area contributed by atoms with Gasteiger partial charge in [0.2, 0.25) is 0 Å². The largest absolute Gasteiger partial charge is 0.290 e. The van der Waals surface area contributed by atoms with Crippen LogP contribution in [0.25, 0.3) is 0 Å². The molecule has 0 aliphatic carbocycles. The van der Waals surface area contributed by atoms with Gasteiger partial charge >= 0.3 is 0 Å². The molecule has 1 aromatic carbocycles. The zero-order valence-corrected chi connectivity index (χ0v) is 7.12. The maximum atomic E-state index is 10.7. The van der Waals surface area contributed by atoms with Crippen molar-refractivity contribution in [3.05, 3.63) is 42.5 Å². The van der Waals surface area contributed by atoms with Crippen LogP contribution in [0.3, 0.4) is 0 Å². The maximum Gasteiger partial charge on any atom is 0.178 e. The first-order chi connectivity index (χ1) is 5.83. The van der Waals surface area contributed by atoms with Crippen molar-refractivity contribution < 1.29 is 5.11 Å². The minimum atomic E-state index is 0.0856. The molecule has 0 spiro atoms. The molecule has 12 heavy (non-hydrogen) atoms. The molecular weight excluding hydrogens is 148 g/mol. The van der Waals surface area contributed by atoms with Gasteiger partial charge in [-0.2, -0.15) is 0 Å². The van der Waals surface area contributed by atoms with Crippen LogP contribution >= 0.6 is 0 Å². The second-order valence-electron chi connectivity index (χ2n) is 2.82. The standard InChI is InChI=1S/C11H13O/c1-2-3-4-5-10-6-8-11(12)9-7-10/h2,6-9H,1,3-5H2. The fourth-order valence-corrected chi connectivity index (χ4v) is 1.11. The molecule has 0 heterocycles. The summed E-state index contributed by atoms with van der Waals surface area (Å²) in [6.45, 7) is 3.66. The van der Waals surface area contributed by atoms with Crippen molar-refractivity contribution in [3.63, 3.8) is 0 Å². The van der Waals surface area contributed by atoms with Gasteiger partial charge < -0.3 is 0 Å². The minimum absolute atomic E-state index is 0.0856. The van der Waals surface area contributed by atoms with Gasteiger partial charge in [-0.3, -0.25) is 5.11 Å². The van der Waals surface area contributed by atoms with Gasteiger partial charge in [-0.15, -0.1) is 6.58 Å². The highest BCUT2D eigenvalue weighted by Gasteiger charge is 1.92. The van der Waals surface area contributed by atoms with Crippen molar-refractivity contribution in [1.29, 1.82) is 0 Å². The molecule has 0 aliphatic heterocycles. The van der Waals surface area contributed by atoms with Crippen LogP contribution in [0.5, 0.6) is 5.75 Å². The van der Waals surface area contributed by atoms with E-state index in [0.717, 1.165) is 19.3 Å². The summed E-state index contributed by atoms with van der Waals surface area (Å²) in [5.74, 6) is 0.0856. The third-order valence-electron chi connectivity index (χ3n) is 1.80. The molecule has 0 saturated carbocycles. The van der Waals surface area contributed by atoms with Gasteiger partial charge in [0.1, 0.15) is 0 Å². The summed E-state index contributed by atoms with van der Waals surface area (Å²) in [7, 11) is 0. The lowest BCUT2D eigenvalue weighted by Crippen LogP contribution is -1.82. The SMILES string of the molecule is C=CCCCc1ccc([O])cc1. The topological polar surface area (TPSA) is 19.9 Å². The summed E-state index contributed by atoms with van der Waals surface area (Å²) in [6, 6.07) is 7.02. The first-order valence-corrected chi connectivity index (χ1v) is 4.20. The van der Waals surface area contributed by atoms with Gasteiger partial charge in [0.15, 0.2) is 5.75 Å². The summed E-state index contributed by atoms with van der Waals surface area (Å²) in [5, 5.41) is 10.7. The van der Waals surface area contributed by atoms with Gasteiger partial charge in [-0.25, -0.2) is 0 Å². The van der Waals surface area contributed by atoms with E-state index in [9.17, 15) is 5.11 Å². The van der Waals surface area contributed by atoms with Crippen molar-refractivity contribution in [3.8, 4) is 5.75 Å². The summed E-state index contributed by atoms with van der Waals surface area (Å²) >= 11 is 0. The summed E-state index contributed by atoms with van der Waals surface area (Å²) < 4.78 is 0. The predicted octanol–water partition coefficient (Wildman–Crippen LogP) is 3.34. The molecule has 1 nitrogen and oxygen atoms in total. The van der Waals surface area contributed by atoms with Crippen LogP contribution in [0, 0.1) is 0 Å². The number of aryl methyl sites for hydroxylation is 1. The predicted molar refractivity (Wildman–Crippen MR) is 49.7 cm³/mol. The number of benzene rings is 1. The highest BCUT2D eigenvalue weighted by Crippen LogP contribution is 2.12. The Morgan fingerprint density at radius 2 is 1.92 bits per heavy atom. The second-order valence-corrected chi connectivity index (χ2v) is 2.82. The second kappa shape index (κ2) is 4.60. The van der Waals surface area contributed by atoms with E-state index in [1.165, 1.54) is 5.56 Å². The van der Waals surface area contributed by atoms with Gasteiger partial charge in [0, 0.05) is 0 Å². The van der Waals surface area contributed by atoms with Crippen LogP contribution in [-0.2, 0) is 11.5 Å². The van der Waals surface area contributed by atoms with Crippen LogP contribution in [0.15, 0.2) is 36.9 Å². The molecule has 63 valence electrons. The Bertz CT molecular complexity index is 236. The number of hydrogen-bond acceptors (Lipinski definition) is 0. The summed E-state index contributed by atoms with van der Waals surface area (Å²) in [6.07, 6.45) is 5.11. The third kappa shape index (κ3) is 2.79. The normalized spacial score (nSPS) is 9.67. The average Bonchev–Trinajstić information content (AvgIpc) is 2.09. The summed E-state index contributed by atoms with van der Waals surface area (Å²) in [5.41, 5.74) is 1.23. The van der Waals surface area contributed by atoms with Gasteiger partial charge in [0.05, 0.1) is 0 Å². The molecule has 0 atom stereocenters. The Morgan fingerprint density at radius 1 is 1.25 bits per heavy atom. The lowest BCUT2D eigenvalue weighted by Gasteiger charge is -1.97. The lowest BCUT2D eigenvalue weighted by atomic mass is 10.1. The van der Waals surface area contributed by atoms with E-state index in [0.29, 0.717) is 0 Å². The fourth-order valence-electron chi connectivity index (χ4n) is 1.11. The van der Waals surface area contributed by atoms with Crippen molar-refractivity contribution in [2.75, 3.05) is 0 Å². The quantitative estimate of drug-likeness (QED) is 0.476. The Hall–Kier alpha value is -1.24. The Morgan fingerprint density at radius 3 is 2.50 bits per heavy atom. The molecule has 0 aliphatic rings. The van der Waals surface area contributed by atoms with Gasteiger partial charge in [-0.05, 0) is 37.0 Å². The number of hydrogen-bond donors (Lipinski definition) is 0. The van der Waals surface area contributed by atoms with E-state index >= 15 is 0 Å².